The fourth-order valence-electron chi connectivity index (χ4n) is 5.42. The van der Waals surface area contributed by atoms with Crippen molar-refractivity contribution in [2.75, 3.05) is 6.61 Å². The highest BCUT2D eigenvalue weighted by Crippen LogP contribution is 2.36. The third-order valence-corrected chi connectivity index (χ3v) is 7.55. The molecule has 0 unspecified atom stereocenters. The lowest BCUT2D eigenvalue weighted by Crippen LogP contribution is -2.61. The van der Waals surface area contributed by atoms with E-state index in [1.54, 1.807) is 4.90 Å². The first-order valence-electron chi connectivity index (χ1n) is 14.3. The molecule has 2 saturated heterocycles. The van der Waals surface area contributed by atoms with Crippen LogP contribution in [-0.2, 0) is 50.0 Å². The average molecular weight is 566 g/mol. The highest BCUT2D eigenvalue weighted by molar-refractivity contribution is 5.70. The van der Waals surface area contributed by atoms with Crippen molar-refractivity contribution >= 4 is 6.09 Å². The Bertz CT molecular complexity index is 1390. The molecule has 0 bridgehead atoms. The van der Waals surface area contributed by atoms with E-state index in [2.05, 4.69) is 0 Å². The van der Waals surface area contributed by atoms with Gasteiger partial charge >= 0.3 is 6.09 Å². The Morgan fingerprint density at radius 3 is 1.62 bits per heavy atom. The van der Waals surface area contributed by atoms with Gasteiger partial charge in [-0.25, -0.2) is 4.79 Å². The molecular weight excluding hydrogens is 530 g/mol. The van der Waals surface area contributed by atoms with Crippen LogP contribution in [0, 0.1) is 0 Å². The Morgan fingerprint density at radius 2 is 1.07 bits per heavy atom. The number of amides is 1. The summed E-state index contributed by atoms with van der Waals surface area (Å²) in [5.41, 5.74) is 4.10. The molecule has 0 saturated carbocycles. The molecule has 0 radical (unpaired) electrons. The number of hydrogen-bond donors (Lipinski definition) is 0. The second-order valence-electron chi connectivity index (χ2n) is 10.6. The summed E-state index contributed by atoms with van der Waals surface area (Å²) in [7, 11) is 0. The third kappa shape index (κ3) is 6.89. The molecule has 2 aliphatic rings. The molecule has 7 nitrogen and oxygen atoms in total. The van der Waals surface area contributed by atoms with E-state index in [1.165, 1.54) is 0 Å². The van der Waals surface area contributed by atoms with Crippen LogP contribution in [0.25, 0.3) is 0 Å². The van der Waals surface area contributed by atoms with Crippen molar-refractivity contribution in [2.45, 2.75) is 57.0 Å². The van der Waals surface area contributed by atoms with E-state index in [0.29, 0.717) is 26.4 Å². The predicted octanol–water partition coefficient (Wildman–Crippen LogP) is 6.12. The molecular formula is C35H35NO6. The van der Waals surface area contributed by atoms with E-state index in [1.807, 2.05) is 121 Å². The normalized spacial score (nSPS) is 23.4. The van der Waals surface area contributed by atoms with Crippen LogP contribution in [-0.4, -0.2) is 48.2 Å². The highest BCUT2D eigenvalue weighted by Gasteiger charge is 2.56. The molecule has 7 heteroatoms. The van der Waals surface area contributed by atoms with Gasteiger partial charge in [0, 0.05) is 0 Å². The van der Waals surface area contributed by atoms with E-state index in [9.17, 15) is 4.79 Å². The van der Waals surface area contributed by atoms with Crippen molar-refractivity contribution in [1.29, 1.82) is 0 Å². The lowest BCUT2D eigenvalue weighted by molar-refractivity contribution is -0.262. The lowest BCUT2D eigenvalue weighted by Gasteiger charge is -2.43. The van der Waals surface area contributed by atoms with Crippen LogP contribution in [0.4, 0.5) is 4.79 Å². The van der Waals surface area contributed by atoms with Gasteiger partial charge in [-0.1, -0.05) is 121 Å². The van der Waals surface area contributed by atoms with Gasteiger partial charge in [0.15, 0.2) is 12.3 Å². The quantitative estimate of drug-likeness (QED) is 0.206. The van der Waals surface area contributed by atoms with Crippen LogP contribution in [0.1, 0.15) is 22.3 Å². The molecule has 0 aliphatic carbocycles. The molecule has 6 rings (SSSR count). The molecule has 2 aliphatic heterocycles. The van der Waals surface area contributed by atoms with Crippen LogP contribution in [0.15, 0.2) is 121 Å². The van der Waals surface area contributed by atoms with Crippen molar-refractivity contribution in [3.8, 4) is 0 Å². The van der Waals surface area contributed by atoms with Crippen molar-refractivity contribution in [3.05, 3.63) is 144 Å². The van der Waals surface area contributed by atoms with Gasteiger partial charge < -0.3 is 23.7 Å². The van der Waals surface area contributed by atoms with E-state index >= 15 is 0 Å². The van der Waals surface area contributed by atoms with E-state index < -0.39 is 36.7 Å². The Balaban J connectivity index is 1.27. The van der Waals surface area contributed by atoms with E-state index in [4.69, 9.17) is 23.7 Å². The summed E-state index contributed by atoms with van der Waals surface area (Å²) in [6.45, 7) is 1.75. The zero-order valence-electron chi connectivity index (χ0n) is 23.4. The number of carbonyl (C=O) groups is 1. The first kappa shape index (κ1) is 28.1. The number of benzene rings is 4. The molecule has 42 heavy (non-hydrogen) atoms. The van der Waals surface area contributed by atoms with Gasteiger partial charge in [-0.2, -0.15) is 0 Å². The molecule has 2 fully saturated rings. The molecule has 4 aromatic rings. The molecule has 5 atom stereocenters. The van der Waals surface area contributed by atoms with Gasteiger partial charge in [0.1, 0.15) is 18.3 Å². The van der Waals surface area contributed by atoms with Crippen LogP contribution < -0.4 is 0 Å². The summed E-state index contributed by atoms with van der Waals surface area (Å²) in [6.07, 6.45) is -3.39. The summed E-state index contributed by atoms with van der Waals surface area (Å²) >= 11 is 0. The van der Waals surface area contributed by atoms with Crippen LogP contribution in [0.2, 0.25) is 0 Å². The topological polar surface area (TPSA) is 66.5 Å². The molecule has 1 amide bonds. The summed E-state index contributed by atoms with van der Waals surface area (Å²) in [5, 5.41) is 0. The Hall–Kier alpha value is -4.01. The van der Waals surface area contributed by atoms with Gasteiger partial charge in [0.05, 0.1) is 33.0 Å². The summed E-state index contributed by atoms with van der Waals surface area (Å²) < 4.78 is 31.9. The first-order chi connectivity index (χ1) is 20.7. The first-order valence-corrected chi connectivity index (χ1v) is 14.3. The Kier molecular flexibility index (Phi) is 9.22. The lowest BCUT2D eigenvalue weighted by atomic mass is 9.97. The fourth-order valence-corrected chi connectivity index (χ4v) is 5.42. The maximum absolute atomic E-state index is 13.3. The number of nitrogens with zero attached hydrogens (tertiary/aromatic N) is 1. The summed E-state index contributed by atoms with van der Waals surface area (Å²) in [4.78, 5) is 14.9. The second kappa shape index (κ2) is 13.8. The van der Waals surface area contributed by atoms with Crippen LogP contribution in [0.3, 0.4) is 0 Å². The highest BCUT2D eigenvalue weighted by atomic mass is 16.7. The van der Waals surface area contributed by atoms with Crippen LogP contribution in [0.5, 0.6) is 0 Å². The van der Waals surface area contributed by atoms with Crippen LogP contribution >= 0.6 is 0 Å². The number of ether oxygens (including phenoxy) is 5. The average Bonchev–Trinajstić information content (AvgIpc) is 3.35. The minimum Gasteiger partial charge on any atom is -0.438 e. The Morgan fingerprint density at radius 1 is 0.595 bits per heavy atom. The van der Waals surface area contributed by atoms with Crippen molar-refractivity contribution < 1.29 is 28.5 Å². The summed E-state index contributed by atoms with van der Waals surface area (Å²) in [6, 6.07) is 39.8. The zero-order chi connectivity index (χ0) is 28.6. The number of rotatable bonds is 12. The summed E-state index contributed by atoms with van der Waals surface area (Å²) in [5.74, 6) is 0. The maximum Gasteiger partial charge on any atom is 0.412 e. The molecule has 0 aromatic heterocycles. The standard InChI is InChI=1S/C35H35NO6/c37-35-36(21-26-13-5-1-6-14-26)34-33(42-35)32(40-24-29-19-11-4-12-20-29)31(39-23-28-17-9-3-10-18-28)30(41-34)25-38-22-27-15-7-2-8-16-27/h1-20,30-34H,21-25H2/t30-,31-,32+,33+,34-/m1/s1. The molecule has 0 spiro atoms. The van der Waals surface area contributed by atoms with Crippen molar-refractivity contribution in [3.63, 3.8) is 0 Å². The fraction of sp³-hybridized carbons (Fsp3) is 0.286. The van der Waals surface area contributed by atoms with E-state index in [-0.39, 0.29) is 6.61 Å². The molecule has 2 heterocycles. The number of carbonyl (C=O) groups excluding carboxylic acids is 1. The zero-order valence-corrected chi connectivity index (χ0v) is 23.4. The molecule has 0 N–H and O–H groups in total. The monoisotopic (exact) mass is 565 g/mol. The minimum absolute atomic E-state index is 0.260. The number of hydrogen-bond acceptors (Lipinski definition) is 6. The van der Waals surface area contributed by atoms with Gasteiger partial charge in [-0.15, -0.1) is 0 Å². The smallest absolute Gasteiger partial charge is 0.412 e. The van der Waals surface area contributed by atoms with Gasteiger partial charge in [-0.05, 0) is 22.3 Å². The SMILES string of the molecule is O=C1O[C@H]2[C@@H](OCc3ccccc3)[C@H](OCc3ccccc3)[C@@H](COCc3ccccc3)O[C@H]2N1Cc1ccccc1. The minimum atomic E-state index is -0.670. The predicted molar refractivity (Wildman–Crippen MR) is 157 cm³/mol. The second-order valence-corrected chi connectivity index (χ2v) is 10.6. The van der Waals surface area contributed by atoms with Crippen molar-refractivity contribution in [2.24, 2.45) is 0 Å². The molecule has 4 aromatic carbocycles. The van der Waals surface area contributed by atoms with Gasteiger partial charge in [0.25, 0.3) is 0 Å². The number of fused-ring (bicyclic) bond motifs is 1. The van der Waals surface area contributed by atoms with E-state index in [0.717, 1.165) is 22.3 Å². The third-order valence-electron chi connectivity index (χ3n) is 7.55. The largest absolute Gasteiger partial charge is 0.438 e. The Labute approximate surface area is 246 Å². The maximum atomic E-state index is 13.3. The van der Waals surface area contributed by atoms with Crippen molar-refractivity contribution in [1.82, 2.24) is 4.90 Å². The molecule has 216 valence electrons. The van der Waals surface area contributed by atoms with Gasteiger partial charge in [-0.3, -0.25) is 4.90 Å². The van der Waals surface area contributed by atoms with Gasteiger partial charge in [0.2, 0.25) is 0 Å².